The summed E-state index contributed by atoms with van der Waals surface area (Å²) in [5.41, 5.74) is 0.989. The third kappa shape index (κ3) is 4.45. The maximum Gasteiger partial charge on any atom is 0.258 e. The number of benzene rings is 3. The molecule has 3 aromatic carbocycles. The van der Waals surface area contributed by atoms with Crippen LogP contribution in [0.5, 0.6) is 17.2 Å². The summed E-state index contributed by atoms with van der Waals surface area (Å²) < 4.78 is 17.0. The van der Waals surface area contributed by atoms with Gasteiger partial charge in [-0.05, 0) is 46.5 Å². The van der Waals surface area contributed by atoms with Crippen molar-refractivity contribution >= 4 is 16.7 Å². The Bertz CT molecular complexity index is 1010. The molecule has 0 aromatic heterocycles. The average molecular weight is 391 g/mol. The lowest BCUT2D eigenvalue weighted by molar-refractivity contribution is -0.124. The first-order chi connectivity index (χ1) is 14.1. The van der Waals surface area contributed by atoms with Gasteiger partial charge in [0.25, 0.3) is 5.91 Å². The van der Waals surface area contributed by atoms with Crippen LogP contribution in [-0.2, 0) is 4.79 Å². The summed E-state index contributed by atoms with van der Waals surface area (Å²) in [7, 11) is 0. The van der Waals surface area contributed by atoms with Crippen LogP contribution in [0.2, 0.25) is 0 Å². The molecule has 3 aromatic rings. The largest absolute Gasteiger partial charge is 0.486 e. The minimum absolute atomic E-state index is 0.0356. The van der Waals surface area contributed by atoms with Crippen molar-refractivity contribution in [3.8, 4) is 17.2 Å². The summed E-state index contributed by atoms with van der Waals surface area (Å²) in [6, 6.07) is 19.6. The van der Waals surface area contributed by atoms with E-state index >= 15 is 0 Å². The van der Waals surface area contributed by atoms with Crippen molar-refractivity contribution in [2.75, 3.05) is 19.8 Å². The molecular weight excluding hydrogens is 366 g/mol. The number of ether oxygens (including phenoxy) is 3. The van der Waals surface area contributed by atoms with Gasteiger partial charge in [0.2, 0.25) is 0 Å². The maximum absolute atomic E-state index is 12.6. The average Bonchev–Trinajstić information content (AvgIpc) is 2.75. The number of rotatable bonds is 6. The van der Waals surface area contributed by atoms with Crippen LogP contribution < -0.4 is 19.5 Å². The molecule has 0 fully saturated rings. The van der Waals surface area contributed by atoms with Crippen LogP contribution in [0.3, 0.4) is 0 Å². The van der Waals surface area contributed by atoms with Crippen LogP contribution in [0, 0.1) is 5.92 Å². The molecule has 5 nitrogen and oxygen atoms in total. The fourth-order valence-electron chi connectivity index (χ4n) is 3.51. The molecule has 0 aliphatic carbocycles. The normalized spacial score (nSPS) is 13.9. The Hall–Kier alpha value is -3.21. The Morgan fingerprint density at radius 1 is 0.966 bits per heavy atom. The predicted octanol–water partition coefficient (Wildman–Crippen LogP) is 4.50. The van der Waals surface area contributed by atoms with Gasteiger partial charge >= 0.3 is 0 Å². The Labute approximate surface area is 170 Å². The lowest BCUT2D eigenvalue weighted by atomic mass is 9.95. The topological polar surface area (TPSA) is 56.8 Å². The molecule has 1 aliphatic rings. The Morgan fingerprint density at radius 3 is 2.52 bits per heavy atom. The zero-order valence-corrected chi connectivity index (χ0v) is 16.7. The van der Waals surface area contributed by atoms with Crippen molar-refractivity contribution < 1.29 is 19.0 Å². The van der Waals surface area contributed by atoms with Crippen molar-refractivity contribution in [1.82, 2.24) is 5.32 Å². The predicted molar refractivity (Wildman–Crippen MR) is 113 cm³/mol. The second-order valence-corrected chi connectivity index (χ2v) is 7.49. The van der Waals surface area contributed by atoms with Gasteiger partial charge in [-0.15, -0.1) is 0 Å². The molecular formula is C24H25NO4. The number of hydrogen-bond acceptors (Lipinski definition) is 4. The summed E-state index contributed by atoms with van der Waals surface area (Å²) in [4.78, 5) is 12.6. The van der Waals surface area contributed by atoms with Crippen molar-refractivity contribution in [2.45, 2.75) is 19.9 Å². The van der Waals surface area contributed by atoms with Crippen LogP contribution in [0.25, 0.3) is 10.8 Å². The fourth-order valence-corrected chi connectivity index (χ4v) is 3.51. The van der Waals surface area contributed by atoms with Crippen molar-refractivity contribution in [3.63, 3.8) is 0 Å². The van der Waals surface area contributed by atoms with Gasteiger partial charge in [-0.1, -0.05) is 50.2 Å². The molecule has 0 spiro atoms. The molecule has 4 rings (SSSR count). The van der Waals surface area contributed by atoms with Crippen molar-refractivity contribution in [2.24, 2.45) is 5.92 Å². The monoisotopic (exact) mass is 391 g/mol. The Morgan fingerprint density at radius 2 is 1.72 bits per heavy atom. The van der Waals surface area contributed by atoms with Gasteiger partial charge in [-0.3, -0.25) is 4.79 Å². The van der Waals surface area contributed by atoms with E-state index in [4.69, 9.17) is 14.2 Å². The molecule has 0 radical (unpaired) electrons. The number of amides is 1. The first-order valence-corrected chi connectivity index (χ1v) is 9.90. The molecule has 29 heavy (non-hydrogen) atoms. The number of carbonyl (C=O) groups excluding carboxylic acids is 1. The van der Waals surface area contributed by atoms with E-state index in [1.807, 2.05) is 60.7 Å². The number of hydrogen-bond donors (Lipinski definition) is 1. The third-order valence-corrected chi connectivity index (χ3v) is 5.00. The minimum Gasteiger partial charge on any atom is -0.486 e. The molecule has 1 atom stereocenters. The van der Waals surface area contributed by atoms with Crippen LogP contribution in [0.4, 0.5) is 0 Å². The SMILES string of the molecule is CC(C)[C@@H](NC(=O)COc1ccc2ccccc2c1)c1ccc2c(c1)OCCO2. The molecule has 1 aliphatic heterocycles. The second kappa shape index (κ2) is 8.43. The highest BCUT2D eigenvalue weighted by atomic mass is 16.6. The van der Waals surface area contributed by atoms with Gasteiger partial charge in [-0.25, -0.2) is 0 Å². The highest BCUT2D eigenvalue weighted by Gasteiger charge is 2.21. The lowest BCUT2D eigenvalue weighted by Gasteiger charge is -2.25. The van der Waals surface area contributed by atoms with E-state index in [1.54, 1.807) is 0 Å². The van der Waals surface area contributed by atoms with E-state index in [9.17, 15) is 4.79 Å². The van der Waals surface area contributed by atoms with E-state index in [0.29, 0.717) is 19.0 Å². The molecule has 1 N–H and O–H groups in total. The molecule has 0 saturated carbocycles. The van der Waals surface area contributed by atoms with E-state index in [0.717, 1.165) is 27.8 Å². The zero-order chi connectivity index (χ0) is 20.2. The maximum atomic E-state index is 12.6. The molecule has 0 unspecified atom stereocenters. The Balaban J connectivity index is 1.42. The minimum atomic E-state index is -0.160. The van der Waals surface area contributed by atoms with E-state index in [2.05, 4.69) is 19.2 Å². The van der Waals surface area contributed by atoms with E-state index < -0.39 is 0 Å². The molecule has 0 saturated heterocycles. The summed E-state index contributed by atoms with van der Waals surface area (Å²) in [5, 5.41) is 5.31. The zero-order valence-electron chi connectivity index (χ0n) is 16.7. The number of nitrogens with one attached hydrogen (secondary N) is 1. The quantitative estimate of drug-likeness (QED) is 0.672. The number of carbonyl (C=O) groups is 1. The van der Waals surface area contributed by atoms with Crippen molar-refractivity contribution in [1.29, 1.82) is 0 Å². The smallest absolute Gasteiger partial charge is 0.258 e. The number of fused-ring (bicyclic) bond motifs is 2. The van der Waals surface area contributed by atoms with Gasteiger partial charge in [0.05, 0.1) is 6.04 Å². The third-order valence-electron chi connectivity index (χ3n) is 5.00. The highest BCUT2D eigenvalue weighted by Crippen LogP contribution is 2.34. The fraction of sp³-hybridized carbons (Fsp3) is 0.292. The summed E-state index contributed by atoms with van der Waals surface area (Å²) >= 11 is 0. The summed E-state index contributed by atoms with van der Waals surface area (Å²) in [6.45, 7) is 5.21. The van der Waals surface area contributed by atoms with Gasteiger partial charge in [0.15, 0.2) is 18.1 Å². The first kappa shape index (κ1) is 19.1. The van der Waals surface area contributed by atoms with Crippen molar-refractivity contribution in [3.05, 3.63) is 66.2 Å². The van der Waals surface area contributed by atoms with E-state index in [-0.39, 0.29) is 24.5 Å². The van der Waals surface area contributed by atoms with Crippen LogP contribution in [0.1, 0.15) is 25.5 Å². The Kier molecular flexibility index (Phi) is 5.56. The van der Waals surface area contributed by atoms with Gasteiger partial charge in [-0.2, -0.15) is 0 Å². The molecule has 1 heterocycles. The van der Waals surface area contributed by atoms with Gasteiger partial charge in [0, 0.05) is 0 Å². The van der Waals surface area contributed by atoms with Crippen LogP contribution >= 0.6 is 0 Å². The summed E-state index contributed by atoms with van der Waals surface area (Å²) in [5.74, 6) is 2.20. The van der Waals surface area contributed by atoms with E-state index in [1.165, 1.54) is 0 Å². The molecule has 1 amide bonds. The van der Waals surface area contributed by atoms with Gasteiger partial charge in [0.1, 0.15) is 19.0 Å². The highest BCUT2D eigenvalue weighted by molar-refractivity contribution is 5.84. The van der Waals surface area contributed by atoms with Gasteiger partial charge < -0.3 is 19.5 Å². The molecule has 5 heteroatoms. The summed E-state index contributed by atoms with van der Waals surface area (Å²) in [6.07, 6.45) is 0. The second-order valence-electron chi connectivity index (χ2n) is 7.49. The van der Waals surface area contributed by atoms with Crippen LogP contribution in [-0.4, -0.2) is 25.7 Å². The first-order valence-electron chi connectivity index (χ1n) is 9.90. The molecule has 0 bridgehead atoms. The standard InChI is InChI=1S/C24H25NO4/c1-16(2)24(19-8-10-21-22(14-19)28-12-11-27-21)25-23(26)15-29-20-9-7-17-5-3-4-6-18(17)13-20/h3-10,13-14,16,24H,11-12,15H2,1-2H3,(H,25,26)/t24-/m1/s1. The lowest BCUT2D eigenvalue weighted by Crippen LogP contribution is -2.35. The molecule has 150 valence electrons. The van der Waals surface area contributed by atoms with Crippen LogP contribution in [0.15, 0.2) is 60.7 Å².